The van der Waals surface area contributed by atoms with Gasteiger partial charge in [0.25, 0.3) is 5.91 Å². The lowest BCUT2D eigenvalue weighted by molar-refractivity contribution is -0.118. The van der Waals surface area contributed by atoms with E-state index in [1.54, 1.807) is 11.0 Å². The van der Waals surface area contributed by atoms with Crippen LogP contribution in [0.1, 0.15) is 10.5 Å². The van der Waals surface area contributed by atoms with Crippen LogP contribution in [0.5, 0.6) is 0 Å². The third kappa shape index (κ3) is 5.04. The van der Waals surface area contributed by atoms with Crippen molar-refractivity contribution in [2.75, 3.05) is 58.3 Å². The van der Waals surface area contributed by atoms with E-state index in [1.807, 2.05) is 49.3 Å². The fourth-order valence-electron chi connectivity index (χ4n) is 2.97. The number of aromatic nitrogens is 2. The van der Waals surface area contributed by atoms with Gasteiger partial charge < -0.3 is 20.0 Å². The molecule has 0 atom stereocenters. The Hall–Kier alpha value is -3.00. The smallest absolute Gasteiger partial charge is 0.270 e. The number of benzene rings is 1. The highest BCUT2D eigenvalue weighted by Gasteiger charge is 2.20. The Morgan fingerprint density at radius 2 is 1.86 bits per heavy atom. The standard InChI is InChI=1S/C20H26N6O2/c1-24(2)9-8-21-20(28)17-14-18(26-12-10-25(15-27)11-13-26)23-19(22-17)16-6-4-3-5-7-16/h3-7,14-15H,8-13H2,1-2H3,(H,21,28). The van der Waals surface area contributed by atoms with Gasteiger partial charge in [-0.1, -0.05) is 30.3 Å². The maximum atomic E-state index is 12.7. The number of anilines is 1. The van der Waals surface area contributed by atoms with E-state index in [4.69, 9.17) is 0 Å². The summed E-state index contributed by atoms with van der Waals surface area (Å²) in [5.74, 6) is 1.01. The summed E-state index contributed by atoms with van der Waals surface area (Å²) in [7, 11) is 3.92. The molecule has 2 amide bonds. The van der Waals surface area contributed by atoms with E-state index in [1.165, 1.54) is 0 Å². The van der Waals surface area contributed by atoms with Crippen LogP contribution in [0.25, 0.3) is 11.4 Å². The summed E-state index contributed by atoms with van der Waals surface area (Å²) in [4.78, 5) is 38.6. The summed E-state index contributed by atoms with van der Waals surface area (Å²) in [6, 6.07) is 11.4. The van der Waals surface area contributed by atoms with E-state index in [0.717, 1.165) is 18.5 Å². The molecule has 1 fully saturated rings. The Labute approximate surface area is 165 Å². The number of nitrogens with one attached hydrogen (secondary N) is 1. The van der Waals surface area contributed by atoms with E-state index in [0.29, 0.717) is 50.1 Å². The molecule has 1 aromatic heterocycles. The van der Waals surface area contributed by atoms with Gasteiger partial charge in [0.05, 0.1) is 0 Å². The van der Waals surface area contributed by atoms with E-state index in [2.05, 4.69) is 20.2 Å². The van der Waals surface area contributed by atoms with Gasteiger partial charge in [-0.2, -0.15) is 0 Å². The summed E-state index contributed by atoms with van der Waals surface area (Å²) in [5.41, 5.74) is 1.21. The first-order valence-electron chi connectivity index (χ1n) is 9.38. The minimum Gasteiger partial charge on any atom is -0.353 e. The largest absolute Gasteiger partial charge is 0.353 e. The minimum atomic E-state index is -0.214. The van der Waals surface area contributed by atoms with Gasteiger partial charge in [0.2, 0.25) is 6.41 Å². The van der Waals surface area contributed by atoms with Gasteiger partial charge in [-0.3, -0.25) is 9.59 Å². The molecule has 0 unspecified atom stereocenters. The number of carbonyl (C=O) groups is 2. The fraction of sp³-hybridized carbons (Fsp3) is 0.400. The van der Waals surface area contributed by atoms with Crippen molar-refractivity contribution in [2.24, 2.45) is 0 Å². The SMILES string of the molecule is CN(C)CCNC(=O)c1cc(N2CCN(C=O)CC2)nc(-c2ccccc2)n1. The van der Waals surface area contributed by atoms with Gasteiger partial charge in [0, 0.05) is 50.9 Å². The van der Waals surface area contributed by atoms with Crippen LogP contribution in [-0.2, 0) is 4.79 Å². The van der Waals surface area contributed by atoms with Crippen LogP contribution in [-0.4, -0.2) is 85.4 Å². The Morgan fingerprint density at radius 3 is 2.50 bits per heavy atom. The summed E-state index contributed by atoms with van der Waals surface area (Å²) in [6.45, 7) is 3.92. The fourth-order valence-corrected chi connectivity index (χ4v) is 2.97. The molecule has 28 heavy (non-hydrogen) atoms. The number of hydrogen-bond donors (Lipinski definition) is 1. The molecule has 148 valence electrons. The maximum Gasteiger partial charge on any atom is 0.270 e. The maximum absolute atomic E-state index is 12.7. The lowest BCUT2D eigenvalue weighted by Crippen LogP contribution is -2.46. The van der Waals surface area contributed by atoms with Crippen molar-refractivity contribution in [1.82, 2.24) is 25.1 Å². The molecule has 1 saturated heterocycles. The highest BCUT2D eigenvalue weighted by atomic mass is 16.2. The summed E-state index contributed by atoms with van der Waals surface area (Å²) >= 11 is 0. The molecule has 0 aliphatic carbocycles. The van der Waals surface area contributed by atoms with Crippen molar-refractivity contribution in [3.8, 4) is 11.4 Å². The second-order valence-electron chi connectivity index (χ2n) is 6.99. The normalized spacial score (nSPS) is 14.2. The van der Waals surface area contributed by atoms with Crippen LogP contribution in [0.3, 0.4) is 0 Å². The average Bonchev–Trinajstić information content (AvgIpc) is 2.73. The molecular formula is C20H26N6O2. The predicted octanol–water partition coefficient (Wildman–Crippen LogP) is 0.713. The molecule has 1 aromatic carbocycles. The molecule has 2 aromatic rings. The van der Waals surface area contributed by atoms with Crippen molar-refractivity contribution >= 4 is 18.1 Å². The number of likely N-dealkylation sites (N-methyl/N-ethyl adjacent to an activating group) is 1. The monoisotopic (exact) mass is 382 g/mol. The molecule has 1 N–H and O–H groups in total. The van der Waals surface area contributed by atoms with Crippen molar-refractivity contribution in [3.05, 3.63) is 42.1 Å². The lowest BCUT2D eigenvalue weighted by Gasteiger charge is -2.33. The van der Waals surface area contributed by atoms with Crippen LogP contribution in [0.2, 0.25) is 0 Å². The molecule has 0 spiro atoms. The van der Waals surface area contributed by atoms with Gasteiger partial charge in [-0.05, 0) is 14.1 Å². The zero-order chi connectivity index (χ0) is 19.9. The molecule has 0 radical (unpaired) electrons. The first-order valence-corrected chi connectivity index (χ1v) is 9.38. The average molecular weight is 382 g/mol. The van der Waals surface area contributed by atoms with Gasteiger partial charge in [0.1, 0.15) is 11.5 Å². The Morgan fingerprint density at radius 1 is 1.14 bits per heavy atom. The first-order chi connectivity index (χ1) is 13.6. The minimum absolute atomic E-state index is 0.214. The zero-order valence-electron chi connectivity index (χ0n) is 16.3. The van der Waals surface area contributed by atoms with Crippen molar-refractivity contribution in [1.29, 1.82) is 0 Å². The topological polar surface area (TPSA) is 81.7 Å². The molecular weight excluding hydrogens is 356 g/mol. The second kappa shape index (κ2) is 9.27. The van der Waals surface area contributed by atoms with Crippen LogP contribution in [0.15, 0.2) is 36.4 Å². The number of rotatable bonds is 7. The second-order valence-corrected chi connectivity index (χ2v) is 6.99. The lowest BCUT2D eigenvalue weighted by atomic mass is 10.2. The highest BCUT2D eigenvalue weighted by molar-refractivity contribution is 5.93. The first kappa shape index (κ1) is 19.8. The van der Waals surface area contributed by atoms with Crippen LogP contribution in [0.4, 0.5) is 5.82 Å². The summed E-state index contributed by atoms with van der Waals surface area (Å²) in [5, 5.41) is 2.91. The number of carbonyl (C=O) groups excluding carboxylic acids is 2. The van der Waals surface area contributed by atoms with Gasteiger partial charge >= 0.3 is 0 Å². The third-order valence-electron chi connectivity index (χ3n) is 4.61. The van der Waals surface area contributed by atoms with Gasteiger partial charge in [-0.25, -0.2) is 9.97 Å². The van der Waals surface area contributed by atoms with Gasteiger partial charge in [0.15, 0.2) is 5.82 Å². The molecule has 0 saturated carbocycles. The van der Waals surface area contributed by atoms with Crippen molar-refractivity contribution in [3.63, 3.8) is 0 Å². The van der Waals surface area contributed by atoms with Crippen molar-refractivity contribution < 1.29 is 9.59 Å². The highest BCUT2D eigenvalue weighted by Crippen LogP contribution is 2.21. The molecule has 8 heteroatoms. The summed E-state index contributed by atoms with van der Waals surface area (Å²) < 4.78 is 0. The molecule has 1 aliphatic rings. The van der Waals surface area contributed by atoms with E-state index in [-0.39, 0.29) is 5.91 Å². The Balaban J connectivity index is 1.86. The van der Waals surface area contributed by atoms with Gasteiger partial charge in [-0.15, -0.1) is 0 Å². The number of nitrogens with zero attached hydrogens (tertiary/aromatic N) is 5. The zero-order valence-corrected chi connectivity index (χ0v) is 16.3. The Bertz CT molecular complexity index is 804. The van der Waals surface area contributed by atoms with E-state index < -0.39 is 0 Å². The van der Waals surface area contributed by atoms with E-state index in [9.17, 15) is 9.59 Å². The van der Waals surface area contributed by atoms with Crippen LogP contribution >= 0.6 is 0 Å². The predicted molar refractivity (Wildman–Crippen MR) is 108 cm³/mol. The number of hydrogen-bond acceptors (Lipinski definition) is 6. The molecule has 2 heterocycles. The summed E-state index contributed by atoms with van der Waals surface area (Å²) in [6.07, 6.45) is 0.871. The third-order valence-corrected chi connectivity index (χ3v) is 4.61. The van der Waals surface area contributed by atoms with Crippen molar-refractivity contribution in [2.45, 2.75) is 0 Å². The molecule has 1 aliphatic heterocycles. The number of piperazine rings is 1. The quantitative estimate of drug-likeness (QED) is 0.711. The Kier molecular flexibility index (Phi) is 6.54. The van der Waals surface area contributed by atoms with Crippen LogP contribution in [0, 0.1) is 0 Å². The van der Waals surface area contributed by atoms with Crippen LogP contribution < -0.4 is 10.2 Å². The van der Waals surface area contributed by atoms with E-state index >= 15 is 0 Å². The molecule has 0 bridgehead atoms. The molecule has 3 rings (SSSR count). The molecule has 8 nitrogen and oxygen atoms in total. The number of amides is 2.